The first-order valence-corrected chi connectivity index (χ1v) is 15.0. The van der Waals surface area contributed by atoms with Crippen molar-refractivity contribution in [2.45, 2.75) is 77.4 Å². The first-order chi connectivity index (χ1) is 17.7. The van der Waals surface area contributed by atoms with Crippen molar-refractivity contribution in [2.24, 2.45) is 28.9 Å². The van der Waals surface area contributed by atoms with Gasteiger partial charge in [0, 0.05) is 13.0 Å². The van der Waals surface area contributed by atoms with Crippen LogP contribution in [0.3, 0.4) is 0 Å². The predicted octanol–water partition coefficient (Wildman–Crippen LogP) is 4.43. The summed E-state index contributed by atoms with van der Waals surface area (Å²) in [6.07, 6.45) is 9.16. The van der Waals surface area contributed by atoms with Crippen LogP contribution < -0.4 is 11.1 Å². The van der Waals surface area contributed by atoms with E-state index in [2.05, 4.69) is 27.0 Å². The van der Waals surface area contributed by atoms with E-state index < -0.39 is 11.9 Å². The molecule has 37 heavy (non-hydrogen) atoms. The van der Waals surface area contributed by atoms with E-state index in [1.165, 1.54) is 50.3 Å². The summed E-state index contributed by atoms with van der Waals surface area (Å²) in [6, 6.07) is 0. The number of thiophene rings is 1. The fourth-order valence-corrected chi connectivity index (χ4v) is 9.18. The molecule has 6 rings (SSSR count). The van der Waals surface area contributed by atoms with Crippen LogP contribution >= 0.6 is 23.1 Å². The van der Waals surface area contributed by atoms with E-state index in [9.17, 15) is 14.4 Å². The van der Waals surface area contributed by atoms with E-state index in [0.717, 1.165) is 53.0 Å². The lowest BCUT2D eigenvalue weighted by molar-refractivity contribution is -0.113. The second-order valence-corrected chi connectivity index (χ2v) is 12.9. The predicted molar refractivity (Wildman–Crippen MR) is 143 cm³/mol. The third-order valence-corrected chi connectivity index (χ3v) is 10.4. The number of esters is 1. The third kappa shape index (κ3) is 5.16. The Labute approximate surface area is 225 Å². The first kappa shape index (κ1) is 26.2. The van der Waals surface area contributed by atoms with E-state index >= 15 is 0 Å². The number of nitrogens with zero attached hydrogens (tertiary/aromatic N) is 3. The van der Waals surface area contributed by atoms with E-state index in [0.29, 0.717) is 11.0 Å². The van der Waals surface area contributed by atoms with Crippen LogP contribution in [0, 0.1) is 30.1 Å². The van der Waals surface area contributed by atoms with Crippen molar-refractivity contribution >= 4 is 45.9 Å². The Kier molecular flexibility index (Phi) is 7.37. The number of carbonyl (C=O) groups is 3. The van der Waals surface area contributed by atoms with Gasteiger partial charge in [0.2, 0.25) is 5.91 Å². The summed E-state index contributed by atoms with van der Waals surface area (Å²) in [5, 5.41) is 12.8. The first-order valence-electron chi connectivity index (χ1n) is 13.2. The van der Waals surface area contributed by atoms with Crippen molar-refractivity contribution in [1.29, 1.82) is 0 Å². The standard InChI is InChI=1S/C26H35N5O4S2/c1-4-31-18(12-26-9-15-6-16(10-26)8-17(7-15)11-26)29-30-25(31)36-13-19(32)28-23-20(24(34)35-5-2)14(3)21(37-23)22(27)33/h15-17H,4-13H2,1-3H3,(H2,27,33)(H,28,32). The van der Waals surface area contributed by atoms with Gasteiger partial charge in [-0.1, -0.05) is 11.8 Å². The average Bonchev–Trinajstić information content (AvgIpc) is 3.36. The molecule has 3 N–H and O–H groups in total. The number of carbonyl (C=O) groups excluding carboxylic acids is 3. The maximum absolute atomic E-state index is 12.9. The van der Waals surface area contributed by atoms with E-state index in [1.807, 2.05) is 0 Å². The molecule has 4 saturated carbocycles. The number of anilines is 1. The van der Waals surface area contributed by atoms with E-state index in [-0.39, 0.29) is 33.7 Å². The maximum atomic E-state index is 12.9. The fraction of sp³-hybridized carbons (Fsp3) is 0.654. The Morgan fingerprint density at radius 2 is 1.78 bits per heavy atom. The highest BCUT2D eigenvalue weighted by atomic mass is 32.2. The third-order valence-electron chi connectivity index (χ3n) is 8.24. The number of hydrogen-bond acceptors (Lipinski definition) is 8. The number of thioether (sulfide) groups is 1. The molecule has 2 heterocycles. The molecular weight excluding hydrogens is 510 g/mol. The second kappa shape index (κ2) is 10.4. The van der Waals surface area contributed by atoms with Gasteiger partial charge < -0.3 is 20.4 Å². The zero-order valence-corrected chi connectivity index (χ0v) is 23.3. The number of primary amides is 1. The quantitative estimate of drug-likeness (QED) is 0.334. The lowest BCUT2D eigenvalue weighted by Crippen LogP contribution is -2.47. The van der Waals surface area contributed by atoms with Crippen molar-refractivity contribution < 1.29 is 19.1 Å². The molecule has 9 nitrogen and oxygen atoms in total. The number of hydrogen-bond donors (Lipinski definition) is 2. The highest BCUT2D eigenvalue weighted by Crippen LogP contribution is 2.61. The van der Waals surface area contributed by atoms with Gasteiger partial charge in [0.05, 0.1) is 22.8 Å². The van der Waals surface area contributed by atoms with Crippen LogP contribution in [0.25, 0.3) is 0 Å². The zero-order valence-electron chi connectivity index (χ0n) is 21.7. The Hall–Kier alpha value is -2.40. The van der Waals surface area contributed by atoms with Gasteiger partial charge in [0.1, 0.15) is 10.8 Å². The molecule has 0 aromatic carbocycles. The molecule has 0 unspecified atom stereocenters. The Morgan fingerprint density at radius 1 is 1.14 bits per heavy atom. The largest absolute Gasteiger partial charge is 0.462 e. The number of ether oxygens (including phenoxy) is 1. The second-order valence-electron chi connectivity index (χ2n) is 10.9. The van der Waals surface area contributed by atoms with Gasteiger partial charge in [-0.3, -0.25) is 9.59 Å². The van der Waals surface area contributed by atoms with Gasteiger partial charge in [-0.2, -0.15) is 0 Å². The topological polar surface area (TPSA) is 129 Å². The highest BCUT2D eigenvalue weighted by molar-refractivity contribution is 7.99. The van der Waals surface area contributed by atoms with Gasteiger partial charge in [0.25, 0.3) is 5.91 Å². The summed E-state index contributed by atoms with van der Waals surface area (Å²) in [5.41, 5.74) is 6.42. The van der Waals surface area contributed by atoms with Crippen LogP contribution in [0.15, 0.2) is 5.16 Å². The minimum atomic E-state index is -0.648. The van der Waals surface area contributed by atoms with Crippen LogP contribution in [0.2, 0.25) is 0 Å². The Bertz CT molecular complexity index is 1180. The summed E-state index contributed by atoms with van der Waals surface area (Å²) in [7, 11) is 0. The molecule has 4 aliphatic carbocycles. The number of nitrogens with one attached hydrogen (secondary N) is 1. The molecule has 0 radical (unpaired) electrons. The molecule has 11 heteroatoms. The molecule has 2 aromatic rings. The summed E-state index contributed by atoms with van der Waals surface area (Å²) in [6.45, 7) is 6.34. The average molecular weight is 546 g/mol. The number of nitrogens with two attached hydrogens (primary N) is 1. The SMILES string of the molecule is CCOC(=O)c1c(NC(=O)CSc2nnc(CC34CC5CC(CC(C5)C3)C4)n2CC)sc(C(N)=O)c1C. The Morgan fingerprint density at radius 3 is 2.35 bits per heavy atom. The van der Waals surface area contributed by atoms with E-state index in [1.54, 1.807) is 13.8 Å². The summed E-state index contributed by atoms with van der Waals surface area (Å²) < 4.78 is 7.26. The molecule has 0 aliphatic heterocycles. The van der Waals surface area contributed by atoms with Crippen molar-refractivity contribution in [3.05, 3.63) is 21.8 Å². The summed E-state index contributed by atoms with van der Waals surface area (Å²) >= 11 is 2.32. The number of aromatic nitrogens is 3. The Balaban J connectivity index is 1.26. The number of rotatable bonds is 10. The number of amides is 2. The molecule has 0 atom stereocenters. The summed E-state index contributed by atoms with van der Waals surface area (Å²) in [4.78, 5) is 37.4. The van der Waals surface area contributed by atoms with Gasteiger partial charge in [-0.15, -0.1) is 21.5 Å². The lowest BCUT2D eigenvalue weighted by Gasteiger charge is -2.56. The van der Waals surface area contributed by atoms with Crippen LogP contribution in [0.5, 0.6) is 0 Å². The highest BCUT2D eigenvalue weighted by Gasteiger charge is 2.51. The zero-order chi connectivity index (χ0) is 26.3. The summed E-state index contributed by atoms with van der Waals surface area (Å²) in [5.74, 6) is 2.24. The van der Waals surface area contributed by atoms with Crippen LogP contribution in [0.1, 0.15) is 83.8 Å². The van der Waals surface area contributed by atoms with Crippen molar-refractivity contribution in [3.8, 4) is 0 Å². The van der Waals surface area contributed by atoms with Crippen LogP contribution in [0.4, 0.5) is 5.00 Å². The van der Waals surface area contributed by atoms with Gasteiger partial charge in [0.15, 0.2) is 5.16 Å². The monoisotopic (exact) mass is 545 g/mol. The lowest BCUT2D eigenvalue weighted by atomic mass is 9.49. The van der Waals surface area contributed by atoms with Gasteiger partial charge in [-0.05, 0) is 88.0 Å². The normalized spacial score (nSPS) is 25.9. The minimum absolute atomic E-state index is 0.0978. The maximum Gasteiger partial charge on any atom is 0.341 e. The minimum Gasteiger partial charge on any atom is -0.462 e. The smallest absolute Gasteiger partial charge is 0.341 e. The molecule has 0 saturated heterocycles. The van der Waals surface area contributed by atoms with Crippen LogP contribution in [-0.4, -0.2) is 44.9 Å². The molecule has 0 spiro atoms. The fourth-order valence-electron chi connectivity index (χ4n) is 7.29. The van der Waals surface area contributed by atoms with Crippen molar-refractivity contribution in [1.82, 2.24) is 14.8 Å². The van der Waals surface area contributed by atoms with Crippen molar-refractivity contribution in [2.75, 3.05) is 17.7 Å². The molecule has 4 bridgehead atoms. The van der Waals surface area contributed by atoms with Crippen LogP contribution in [-0.2, 0) is 22.5 Å². The van der Waals surface area contributed by atoms with E-state index in [4.69, 9.17) is 10.5 Å². The van der Waals surface area contributed by atoms with Crippen molar-refractivity contribution in [3.63, 3.8) is 0 Å². The molecule has 2 aromatic heterocycles. The van der Waals surface area contributed by atoms with Gasteiger partial charge in [-0.25, -0.2) is 4.79 Å². The molecular formula is C26H35N5O4S2. The molecule has 200 valence electrons. The molecule has 2 amide bonds. The molecule has 4 aliphatic rings. The molecule has 4 fully saturated rings. The van der Waals surface area contributed by atoms with Gasteiger partial charge >= 0.3 is 5.97 Å².